The first-order valence-corrected chi connectivity index (χ1v) is 7.85. The maximum absolute atomic E-state index is 12.8. The minimum absolute atomic E-state index is 0.0101. The quantitative estimate of drug-likeness (QED) is 0.790. The lowest BCUT2D eigenvalue weighted by atomic mass is 9.48. The molecule has 4 aliphatic carbocycles. The van der Waals surface area contributed by atoms with Crippen molar-refractivity contribution in [2.45, 2.75) is 38.5 Å². The molecular formula is C17H22N2O. The number of nitrogens with zero attached hydrogens (tertiary/aromatic N) is 2. The molecule has 0 aromatic carbocycles. The predicted octanol–water partition coefficient (Wildman–Crippen LogP) is 3.22. The van der Waals surface area contributed by atoms with Crippen LogP contribution in [0.1, 0.15) is 44.2 Å². The number of aromatic nitrogens is 2. The minimum atomic E-state index is -0.0101. The van der Waals surface area contributed by atoms with Gasteiger partial charge in [0, 0.05) is 18.7 Å². The van der Waals surface area contributed by atoms with E-state index in [1.807, 2.05) is 29.9 Å². The monoisotopic (exact) mass is 270 g/mol. The molecule has 0 unspecified atom stereocenters. The Labute approximate surface area is 120 Å². The first-order chi connectivity index (χ1) is 9.64. The van der Waals surface area contributed by atoms with E-state index in [1.165, 1.54) is 19.3 Å². The Bertz CT molecular complexity index is 534. The van der Waals surface area contributed by atoms with Crippen molar-refractivity contribution >= 4 is 11.9 Å². The molecule has 3 heteroatoms. The number of rotatable bonds is 3. The molecule has 1 heterocycles. The molecule has 5 rings (SSSR count). The fourth-order valence-electron chi connectivity index (χ4n) is 5.30. The number of allylic oxidation sites excluding steroid dienone is 1. The van der Waals surface area contributed by atoms with Gasteiger partial charge in [-0.15, -0.1) is 0 Å². The van der Waals surface area contributed by atoms with E-state index >= 15 is 0 Å². The summed E-state index contributed by atoms with van der Waals surface area (Å²) in [7, 11) is 1.91. The van der Waals surface area contributed by atoms with Crippen LogP contribution in [-0.4, -0.2) is 15.6 Å². The van der Waals surface area contributed by atoms with Gasteiger partial charge in [0.25, 0.3) is 0 Å². The highest BCUT2D eigenvalue weighted by molar-refractivity contribution is 5.98. The van der Waals surface area contributed by atoms with E-state index in [2.05, 4.69) is 5.10 Å². The molecule has 4 aliphatic rings. The van der Waals surface area contributed by atoms with Crippen molar-refractivity contribution < 1.29 is 4.79 Å². The molecule has 0 radical (unpaired) electrons. The van der Waals surface area contributed by atoms with Crippen molar-refractivity contribution in [1.82, 2.24) is 9.78 Å². The SMILES string of the molecule is Cn1nccc1/C=C/C(=O)C12CC3CC(CC(C3)C1)C2. The number of aryl methyl sites for hydroxylation is 1. The molecule has 3 nitrogen and oxygen atoms in total. The predicted molar refractivity (Wildman–Crippen MR) is 77.9 cm³/mol. The highest BCUT2D eigenvalue weighted by Gasteiger charge is 2.53. The molecule has 0 aliphatic heterocycles. The van der Waals surface area contributed by atoms with Crippen molar-refractivity contribution in [2.75, 3.05) is 0 Å². The number of carbonyl (C=O) groups excluding carboxylic acids is 1. The van der Waals surface area contributed by atoms with Gasteiger partial charge in [-0.05, 0) is 74.5 Å². The fourth-order valence-corrected chi connectivity index (χ4v) is 5.30. The zero-order valence-electron chi connectivity index (χ0n) is 12.1. The van der Waals surface area contributed by atoms with Crippen LogP contribution in [0.15, 0.2) is 18.3 Å². The molecule has 0 N–H and O–H groups in total. The highest BCUT2D eigenvalue weighted by atomic mass is 16.1. The molecule has 0 saturated heterocycles. The normalized spacial score (nSPS) is 38.8. The lowest BCUT2D eigenvalue weighted by molar-refractivity contribution is -0.138. The summed E-state index contributed by atoms with van der Waals surface area (Å²) in [6.45, 7) is 0. The van der Waals surface area contributed by atoms with Crippen LogP contribution in [0.3, 0.4) is 0 Å². The van der Waals surface area contributed by atoms with Gasteiger partial charge >= 0.3 is 0 Å². The Balaban J connectivity index is 1.56. The third-order valence-corrected chi connectivity index (χ3v) is 5.83. The summed E-state index contributed by atoms with van der Waals surface area (Å²) in [6.07, 6.45) is 13.1. The van der Waals surface area contributed by atoms with Gasteiger partial charge in [-0.25, -0.2) is 0 Å². The summed E-state index contributed by atoms with van der Waals surface area (Å²) in [5, 5.41) is 4.14. The fraction of sp³-hybridized carbons (Fsp3) is 0.647. The van der Waals surface area contributed by atoms with E-state index < -0.39 is 0 Å². The summed E-state index contributed by atoms with van der Waals surface area (Å²) in [4.78, 5) is 12.8. The summed E-state index contributed by atoms with van der Waals surface area (Å²) in [6, 6.07) is 1.95. The Morgan fingerprint density at radius 2 is 1.85 bits per heavy atom. The molecule has 20 heavy (non-hydrogen) atoms. The summed E-state index contributed by atoms with van der Waals surface area (Å²) < 4.78 is 1.81. The first kappa shape index (κ1) is 12.4. The number of carbonyl (C=O) groups is 1. The second-order valence-electron chi connectivity index (χ2n) is 7.28. The third-order valence-electron chi connectivity index (χ3n) is 5.83. The average molecular weight is 270 g/mol. The Kier molecular flexibility index (Phi) is 2.66. The van der Waals surface area contributed by atoms with Crippen molar-refractivity contribution in [2.24, 2.45) is 30.2 Å². The standard InChI is InChI=1S/C17H22N2O/c1-19-15(4-5-18-19)2-3-16(20)17-9-12-6-13(10-17)8-14(7-12)11-17/h2-5,12-14H,6-11H2,1H3/b3-2+. The Morgan fingerprint density at radius 3 is 2.35 bits per heavy atom. The number of hydrogen-bond donors (Lipinski definition) is 0. The smallest absolute Gasteiger partial charge is 0.161 e. The lowest BCUT2D eigenvalue weighted by Crippen LogP contribution is -2.49. The van der Waals surface area contributed by atoms with E-state index in [1.54, 1.807) is 6.20 Å². The maximum Gasteiger partial charge on any atom is 0.161 e. The molecule has 0 spiro atoms. The molecule has 4 fully saturated rings. The second kappa shape index (κ2) is 4.31. The van der Waals surface area contributed by atoms with E-state index in [0.717, 1.165) is 42.7 Å². The summed E-state index contributed by atoms with van der Waals surface area (Å²) in [5.74, 6) is 2.86. The van der Waals surface area contributed by atoms with Crippen LogP contribution in [-0.2, 0) is 11.8 Å². The van der Waals surface area contributed by atoms with E-state index in [-0.39, 0.29) is 5.41 Å². The van der Waals surface area contributed by atoms with E-state index in [9.17, 15) is 4.79 Å². The Morgan fingerprint density at radius 1 is 1.25 bits per heavy atom. The van der Waals surface area contributed by atoms with Crippen molar-refractivity contribution in [3.63, 3.8) is 0 Å². The van der Waals surface area contributed by atoms with Crippen molar-refractivity contribution in [3.05, 3.63) is 24.0 Å². The van der Waals surface area contributed by atoms with Crippen LogP contribution >= 0.6 is 0 Å². The molecule has 4 bridgehead atoms. The van der Waals surface area contributed by atoms with Crippen LogP contribution in [0.2, 0.25) is 0 Å². The van der Waals surface area contributed by atoms with Gasteiger partial charge in [-0.1, -0.05) is 0 Å². The molecule has 106 valence electrons. The van der Waals surface area contributed by atoms with Crippen molar-refractivity contribution in [1.29, 1.82) is 0 Å². The van der Waals surface area contributed by atoms with E-state index in [4.69, 9.17) is 0 Å². The minimum Gasteiger partial charge on any atom is -0.294 e. The summed E-state index contributed by atoms with van der Waals surface area (Å²) >= 11 is 0. The van der Waals surface area contributed by atoms with Crippen LogP contribution in [0.4, 0.5) is 0 Å². The largest absolute Gasteiger partial charge is 0.294 e. The highest BCUT2D eigenvalue weighted by Crippen LogP contribution is 2.60. The van der Waals surface area contributed by atoms with Gasteiger partial charge in [0.15, 0.2) is 5.78 Å². The van der Waals surface area contributed by atoms with Gasteiger partial charge in [0.05, 0.1) is 5.69 Å². The average Bonchev–Trinajstić information content (AvgIpc) is 2.80. The van der Waals surface area contributed by atoms with Crippen LogP contribution in [0.25, 0.3) is 6.08 Å². The number of hydrogen-bond acceptors (Lipinski definition) is 2. The summed E-state index contributed by atoms with van der Waals surface area (Å²) in [5.41, 5.74) is 0.993. The van der Waals surface area contributed by atoms with Gasteiger partial charge in [-0.2, -0.15) is 5.10 Å². The van der Waals surface area contributed by atoms with Crippen LogP contribution < -0.4 is 0 Å². The van der Waals surface area contributed by atoms with Gasteiger partial charge in [0.2, 0.25) is 0 Å². The van der Waals surface area contributed by atoms with E-state index in [0.29, 0.717) is 5.78 Å². The maximum atomic E-state index is 12.8. The van der Waals surface area contributed by atoms with Gasteiger partial charge < -0.3 is 0 Å². The van der Waals surface area contributed by atoms with Crippen LogP contribution in [0.5, 0.6) is 0 Å². The molecule has 1 aromatic rings. The Hall–Kier alpha value is -1.38. The van der Waals surface area contributed by atoms with Crippen molar-refractivity contribution in [3.8, 4) is 0 Å². The van der Waals surface area contributed by atoms with Gasteiger partial charge in [0.1, 0.15) is 0 Å². The lowest BCUT2D eigenvalue weighted by Gasteiger charge is -2.55. The molecule has 0 atom stereocenters. The molecule has 0 amide bonds. The van der Waals surface area contributed by atoms with Gasteiger partial charge in [-0.3, -0.25) is 9.48 Å². The zero-order valence-corrected chi connectivity index (χ0v) is 12.1. The zero-order chi connectivity index (χ0) is 13.7. The molecular weight excluding hydrogens is 248 g/mol. The molecule has 4 saturated carbocycles. The van der Waals surface area contributed by atoms with Crippen LogP contribution in [0, 0.1) is 23.2 Å². The molecule has 1 aromatic heterocycles. The third kappa shape index (κ3) is 1.87. The second-order valence-corrected chi connectivity index (χ2v) is 7.28. The topological polar surface area (TPSA) is 34.9 Å². The first-order valence-electron chi connectivity index (χ1n) is 7.85. The number of ketones is 1.